The fourth-order valence-electron chi connectivity index (χ4n) is 3.40. The van der Waals surface area contributed by atoms with Crippen LogP contribution in [0.25, 0.3) is 0 Å². The first-order valence-electron chi connectivity index (χ1n) is 9.73. The van der Waals surface area contributed by atoms with E-state index < -0.39 is 11.6 Å². The second-order valence-corrected chi connectivity index (χ2v) is 7.09. The normalized spacial score (nSPS) is 13.2. The third kappa shape index (κ3) is 4.25. The number of phenolic OH excluding ortho intramolecular Hbond substituents is 2. The summed E-state index contributed by atoms with van der Waals surface area (Å²) in [6.07, 6.45) is 8.35. The molecular formula is C23H25NO4. The van der Waals surface area contributed by atoms with Crippen LogP contribution in [0.5, 0.6) is 11.5 Å². The Balaban J connectivity index is 1.68. The molecule has 0 heterocycles. The highest BCUT2D eigenvalue weighted by Gasteiger charge is 2.31. The van der Waals surface area contributed by atoms with Crippen LogP contribution in [0.15, 0.2) is 48.2 Å². The molecule has 0 amide bonds. The van der Waals surface area contributed by atoms with Gasteiger partial charge in [0, 0.05) is 11.8 Å². The molecule has 28 heavy (non-hydrogen) atoms. The van der Waals surface area contributed by atoms with Crippen LogP contribution in [0, 0.1) is 0 Å². The van der Waals surface area contributed by atoms with Gasteiger partial charge in [-0.3, -0.25) is 9.59 Å². The van der Waals surface area contributed by atoms with E-state index in [2.05, 4.69) is 12.2 Å². The molecule has 0 radical (unpaired) electrons. The van der Waals surface area contributed by atoms with Crippen molar-refractivity contribution in [1.82, 2.24) is 0 Å². The number of ketones is 2. The molecule has 146 valence electrons. The van der Waals surface area contributed by atoms with E-state index in [9.17, 15) is 19.8 Å². The second-order valence-electron chi connectivity index (χ2n) is 7.09. The summed E-state index contributed by atoms with van der Waals surface area (Å²) >= 11 is 0. The predicted molar refractivity (Wildman–Crippen MR) is 109 cm³/mol. The standard InChI is InChI=1S/C23H25NO4/c1-2-3-4-5-6-7-15-8-10-16(11-9-15)24-17-14-20(27)21-18(25)12-13-19(26)22(21)23(17)28/h8-14,24-26H,2-7H2,1H3. The molecule has 0 unspecified atom stereocenters. The molecule has 0 aromatic heterocycles. The van der Waals surface area contributed by atoms with Crippen molar-refractivity contribution in [3.05, 3.63) is 64.9 Å². The fourth-order valence-corrected chi connectivity index (χ4v) is 3.40. The number of allylic oxidation sites excluding steroid dienone is 2. The number of Topliss-reactive ketones (excluding diaryl/α,β-unsaturated/α-hetero) is 1. The number of aryl methyl sites for hydroxylation is 1. The zero-order valence-electron chi connectivity index (χ0n) is 16.0. The molecule has 2 aromatic rings. The number of carbonyl (C=O) groups excluding carboxylic acids is 2. The molecule has 0 bridgehead atoms. The molecule has 3 N–H and O–H groups in total. The maximum atomic E-state index is 12.7. The molecule has 3 rings (SSSR count). The number of aromatic hydroxyl groups is 2. The van der Waals surface area contributed by atoms with Gasteiger partial charge in [-0.1, -0.05) is 44.7 Å². The van der Waals surface area contributed by atoms with E-state index in [0.717, 1.165) is 18.9 Å². The summed E-state index contributed by atoms with van der Waals surface area (Å²) in [5, 5.41) is 22.8. The van der Waals surface area contributed by atoms with Crippen LogP contribution in [-0.2, 0) is 6.42 Å². The lowest BCUT2D eigenvalue weighted by Gasteiger charge is -2.18. The number of phenols is 2. The van der Waals surface area contributed by atoms with Gasteiger partial charge in [0.2, 0.25) is 5.78 Å². The SMILES string of the molecule is CCCCCCCc1ccc(NC2=CC(=O)c3c(O)ccc(O)c3C2=O)cc1. The second kappa shape index (κ2) is 8.74. The zero-order chi connectivity index (χ0) is 20.1. The third-order valence-corrected chi connectivity index (χ3v) is 4.96. The van der Waals surface area contributed by atoms with Crippen molar-refractivity contribution >= 4 is 17.3 Å². The average Bonchev–Trinajstić information content (AvgIpc) is 2.68. The number of fused-ring (bicyclic) bond motifs is 1. The van der Waals surface area contributed by atoms with Crippen LogP contribution in [0.4, 0.5) is 5.69 Å². The Bertz CT molecular complexity index is 913. The topological polar surface area (TPSA) is 86.6 Å². The average molecular weight is 379 g/mol. The highest BCUT2D eigenvalue weighted by molar-refractivity contribution is 6.27. The van der Waals surface area contributed by atoms with Crippen molar-refractivity contribution in [2.75, 3.05) is 5.32 Å². The number of nitrogens with one attached hydrogen (secondary N) is 1. The highest BCUT2D eigenvalue weighted by atomic mass is 16.3. The maximum Gasteiger partial charge on any atom is 0.213 e. The molecular weight excluding hydrogens is 354 g/mol. The van der Waals surface area contributed by atoms with Gasteiger partial charge in [0.1, 0.15) is 11.5 Å². The number of hydrogen-bond donors (Lipinski definition) is 3. The van der Waals surface area contributed by atoms with Crippen molar-refractivity contribution in [2.24, 2.45) is 0 Å². The Morgan fingerprint density at radius 3 is 2.14 bits per heavy atom. The third-order valence-electron chi connectivity index (χ3n) is 4.96. The van der Waals surface area contributed by atoms with E-state index in [1.807, 2.05) is 24.3 Å². The van der Waals surface area contributed by atoms with E-state index >= 15 is 0 Å². The van der Waals surface area contributed by atoms with E-state index in [1.54, 1.807) is 0 Å². The first-order chi connectivity index (χ1) is 13.5. The van der Waals surface area contributed by atoms with Gasteiger partial charge in [0.15, 0.2) is 5.78 Å². The van der Waals surface area contributed by atoms with Crippen LogP contribution in [-0.4, -0.2) is 21.8 Å². The van der Waals surface area contributed by atoms with Gasteiger partial charge >= 0.3 is 0 Å². The summed E-state index contributed by atoms with van der Waals surface area (Å²) in [6, 6.07) is 10.2. The minimum atomic E-state index is -0.525. The molecule has 1 aliphatic carbocycles. The van der Waals surface area contributed by atoms with Gasteiger partial charge in [-0.15, -0.1) is 0 Å². The van der Waals surface area contributed by atoms with Crippen molar-refractivity contribution < 1.29 is 19.8 Å². The summed E-state index contributed by atoms with van der Waals surface area (Å²) in [6.45, 7) is 2.20. The van der Waals surface area contributed by atoms with Crippen LogP contribution in [0.3, 0.4) is 0 Å². The summed E-state index contributed by atoms with van der Waals surface area (Å²) in [7, 11) is 0. The summed E-state index contributed by atoms with van der Waals surface area (Å²) < 4.78 is 0. The molecule has 0 aliphatic heterocycles. The highest BCUT2D eigenvalue weighted by Crippen LogP contribution is 2.34. The van der Waals surface area contributed by atoms with Crippen LogP contribution in [0.2, 0.25) is 0 Å². The van der Waals surface area contributed by atoms with Gasteiger partial charge in [-0.2, -0.15) is 0 Å². The lowest BCUT2D eigenvalue weighted by atomic mass is 9.91. The van der Waals surface area contributed by atoms with Crippen LogP contribution < -0.4 is 5.32 Å². The number of carbonyl (C=O) groups is 2. The van der Waals surface area contributed by atoms with Gasteiger partial charge < -0.3 is 15.5 Å². The summed E-state index contributed by atoms with van der Waals surface area (Å²) in [4.78, 5) is 25.0. The number of anilines is 1. The molecule has 0 spiro atoms. The minimum absolute atomic E-state index is 0.0747. The van der Waals surface area contributed by atoms with E-state index in [-0.39, 0.29) is 28.3 Å². The molecule has 0 saturated carbocycles. The van der Waals surface area contributed by atoms with Crippen molar-refractivity contribution in [2.45, 2.75) is 45.4 Å². The zero-order valence-corrected chi connectivity index (χ0v) is 16.0. The molecule has 0 saturated heterocycles. The monoisotopic (exact) mass is 379 g/mol. The summed E-state index contributed by atoms with van der Waals surface area (Å²) in [5.41, 5.74) is 1.67. The largest absolute Gasteiger partial charge is 0.507 e. The lowest BCUT2D eigenvalue weighted by Crippen LogP contribution is -2.21. The molecule has 2 aromatic carbocycles. The van der Waals surface area contributed by atoms with Crippen molar-refractivity contribution in [1.29, 1.82) is 0 Å². The smallest absolute Gasteiger partial charge is 0.213 e. The Morgan fingerprint density at radius 1 is 0.821 bits per heavy atom. The Hall–Kier alpha value is -3.08. The molecule has 5 heteroatoms. The first kappa shape index (κ1) is 19.7. The number of hydrogen-bond acceptors (Lipinski definition) is 5. The van der Waals surface area contributed by atoms with Gasteiger partial charge in [-0.25, -0.2) is 0 Å². The molecule has 0 fully saturated rings. The Labute approximate surface area is 164 Å². The maximum absolute atomic E-state index is 12.7. The van der Waals surface area contributed by atoms with Crippen molar-refractivity contribution in [3.63, 3.8) is 0 Å². The first-order valence-corrected chi connectivity index (χ1v) is 9.73. The van der Waals surface area contributed by atoms with Gasteiger partial charge in [0.05, 0.1) is 16.8 Å². The van der Waals surface area contributed by atoms with Crippen molar-refractivity contribution in [3.8, 4) is 11.5 Å². The summed E-state index contributed by atoms with van der Waals surface area (Å²) in [5.74, 6) is -1.68. The predicted octanol–water partition coefficient (Wildman–Crippen LogP) is 4.99. The fraction of sp³-hybridized carbons (Fsp3) is 0.304. The van der Waals surface area contributed by atoms with Crippen LogP contribution in [0.1, 0.15) is 65.3 Å². The van der Waals surface area contributed by atoms with E-state index in [0.29, 0.717) is 5.69 Å². The Kier molecular flexibility index (Phi) is 6.14. The van der Waals surface area contributed by atoms with Gasteiger partial charge in [0.25, 0.3) is 0 Å². The quantitative estimate of drug-likeness (QED) is 0.444. The molecule has 5 nitrogen and oxygen atoms in total. The van der Waals surface area contributed by atoms with Crippen LogP contribution >= 0.6 is 0 Å². The molecule has 1 aliphatic rings. The number of rotatable bonds is 8. The van der Waals surface area contributed by atoms with Gasteiger partial charge in [-0.05, 0) is 42.7 Å². The minimum Gasteiger partial charge on any atom is -0.507 e. The lowest BCUT2D eigenvalue weighted by molar-refractivity contribution is 0.0980. The number of benzene rings is 2. The number of unbranched alkanes of at least 4 members (excludes halogenated alkanes) is 4. The Morgan fingerprint density at radius 2 is 1.46 bits per heavy atom. The van der Waals surface area contributed by atoms with E-state index in [1.165, 1.54) is 43.4 Å². The van der Waals surface area contributed by atoms with E-state index in [4.69, 9.17) is 0 Å². The molecule has 0 atom stereocenters.